The zero-order valence-electron chi connectivity index (χ0n) is 12.9. The summed E-state index contributed by atoms with van der Waals surface area (Å²) in [5.74, 6) is -0.724. The smallest absolute Gasteiger partial charge is 0.339 e. The van der Waals surface area contributed by atoms with E-state index in [2.05, 4.69) is 6.92 Å². The molecule has 0 aliphatic rings. The van der Waals surface area contributed by atoms with Gasteiger partial charge in [-0.3, -0.25) is 0 Å². The standard InChI is InChI=1S/C17H25NO3/c1-3-4-5-6-7-9-13(12-19)14-10-8-11-15(16(14)18)17(20)21-2/h8,10-13H,3-7,9,18H2,1-2H3. The van der Waals surface area contributed by atoms with Gasteiger partial charge in [-0.25, -0.2) is 4.79 Å². The Hall–Kier alpha value is -1.84. The van der Waals surface area contributed by atoms with E-state index in [1.165, 1.54) is 26.4 Å². The van der Waals surface area contributed by atoms with Crippen LogP contribution in [0, 0.1) is 0 Å². The number of anilines is 1. The highest BCUT2D eigenvalue weighted by Crippen LogP contribution is 2.28. The van der Waals surface area contributed by atoms with E-state index in [-0.39, 0.29) is 5.92 Å². The summed E-state index contributed by atoms with van der Waals surface area (Å²) in [6, 6.07) is 5.17. The first-order valence-corrected chi connectivity index (χ1v) is 7.57. The zero-order chi connectivity index (χ0) is 15.7. The maximum atomic E-state index is 11.6. The van der Waals surface area contributed by atoms with Crippen molar-refractivity contribution in [3.05, 3.63) is 29.3 Å². The molecule has 0 fully saturated rings. The molecule has 2 N–H and O–H groups in total. The van der Waals surface area contributed by atoms with Crippen LogP contribution in [0.4, 0.5) is 5.69 Å². The van der Waals surface area contributed by atoms with E-state index in [4.69, 9.17) is 10.5 Å². The largest absolute Gasteiger partial charge is 0.465 e. The first-order chi connectivity index (χ1) is 10.2. The molecule has 1 rings (SSSR count). The number of nitrogen functional groups attached to an aromatic ring is 1. The number of rotatable bonds is 9. The second-order valence-corrected chi connectivity index (χ2v) is 5.25. The van der Waals surface area contributed by atoms with Crippen molar-refractivity contribution in [2.45, 2.75) is 51.4 Å². The molecule has 1 aromatic carbocycles. The van der Waals surface area contributed by atoms with Crippen molar-refractivity contribution in [2.24, 2.45) is 0 Å². The quantitative estimate of drug-likeness (QED) is 0.326. The third-order valence-corrected chi connectivity index (χ3v) is 3.73. The van der Waals surface area contributed by atoms with Crippen LogP contribution in [0.5, 0.6) is 0 Å². The summed E-state index contributed by atoms with van der Waals surface area (Å²) in [6.07, 6.45) is 7.42. The molecule has 0 aromatic heterocycles. The predicted octanol–water partition coefficient (Wildman–Crippen LogP) is 3.70. The van der Waals surface area contributed by atoms with Crippen LogP contribution in [0.25, 0.3) is 0 Å². The van der Waals surface area contributed by atoms with Gasteiger partial charge in [-0.2, -0.15) is 0 Å². The van der Waals surface area contributed by atoms with Gasteiger partial charge in [0.2, 0.25) is 0 Å². The first kappa shape index (κ1) is 17.2. The number of esters is 1. The molecule has 21 heavy (non-hydrogen) atoms. The molecular weight excluding hydrogens is 266 g/mol. The molecule has 0 spiro atoms. The Bertz CT molecular complexity index is 471. The SMILES string of the molecule is CCCCCCCC(C=O)c1cccc(C(=O)OC)c1N. The molecule has 0 bridgehead atoms. The number of carbonyl (C=O) groups excluding carboxylic acids is 2. The molecule has 0 saturated heterocycles. The number of nitrogens with two attached hydrogens (primary N) is 1. The second-order valence-electron chi connectivity index (χ2n) is 5.25. The number of hydrogen-bond donors (Lipinski definition) is 1. The van der Waals surface area contributed by atoms with Crippen molar-refractivity contribution in [1.29, 1.82) is 0 Å². The fourth-order valence-corrected chi connectivity index (χ4v) is 2.46. The Morgan fingerprint density at radius 3 is 2.62 bits per heavy atom. The Morgan fingerprint density at radius 2 is 2.00 bits per heavy atom. The summed E-state index contributed by atoms with van der Waals surface area (Å²) < 4.78 is 4.70. The molecule has 0 aliphatic carbocycles. The fraction of sp³-hybridized carbons (Fsp3) is 0.529. The lowest BCUT2D eigenvalue weighted by atomic mass is 9.91. The van der Waals surface area contributed by atoms with E-state index in [0.29, 0.717) is 11.3 Å². The Balaban J connectivity index is 2.76. The molecule has 4 nitrogen and oxygen atoms in total. The van der Waals surface area contributed by atoms with Gasteiger partial charge in [0.25, 0.3) is 0 Å². The highest BCUT2D eigenvalue weighted by molar-refractivity contribution is 5.96. The normalized spacial score (nSPS) is 11.9. The monoisotopic (exact) mass is 291 g/mol. The fourth-order valence-electron chi connectivity index (χ4n) is 2.46. The number of ether oxygens (including phenoxy) is 1. The molecular formula is C17H25NO3. The van der Waals surface area contributed by atoms with E-state index in [9.17, 15) is 9.59 Å². The molecule has 1 aromatic rings. The number of para-hydroxylation sites is 1. The van der Waals surface area contributed by atoms with Gasteiger partial charge in [0, 0.05) is 5.92 Å². The van der Waals surface area contributed by atoms with Crippen LogP contribution in [-0.2, 0) is 9.53 Å². The molecule has 4 heteroatoms. The van der Waals surface area contributed by atoms with Crippen LogP contribution < -0.4 is 5.73 Å². The molecule has 0 amide bonds. The minimum absolute atomic E-state index is 0.253. The van der Waals surface area contributed by atoms with Crippen LogP contribution in [0.3, 0.4) is 0 Å². The number of carbonyl (C=O) groups is 2. The molecule has 1 unspecified atom stereocenters. The summed E-state index contributed by atoms with van der Waals surface area (Å²) in [5, 5.41) is 0. The minimum atomic E-state index is -0.470. The Morgan fingerprint density at radius 1 is 1.29 bits per heavy atom. The van der Waals surface area contributed by atoms with E-state index in [1.54, 1.807) is 12.1 Å². The highest BCUT2D eigenvalue weighted by atomic mass is 16.5. The molecule has 0 aliphatic heterocycles. The van der Waals surface area contributed by atoms with E-state index >= 15 is 0 Å². The number of unbranched alkanes of at least 4 members (excludes halogenated alkanes) is 4. The molecule has 0 radical (unpaired) electrons. The predicted molar refractivity (Wildman–Crippen MR) is 84.4 cm³/mol. The Labute approximate surface area is 126 Å². The van der Waals surface area contributed by atoms with E-state index in [1.807, 2.05) is 6.07 Å². The lowest BCUT2D eigenvalue weighted by molar-refractivity contribution is -0.109. The zero-order valence-corrected chi connectivity index (χ0v) is 12.9. The number of methoxy groups -OCH3 is 1. The van der Waals surface area contributed by atoms with Gasteiger partial charge in [-0.1, -0.05) is 51.2 Å². The summed E-state index contributed by atoms with van der Waals surface area (Å²) in [6.45, 7) is 2.17. The average Bonchev–Trinajstić information content (AvgIpc) is 2.51. The first-order valence-electron chi connectivity index (χ1n) is 7.57. The van der Waals surface area contributed by atoms with Crippen molar-refractivity contribution in [3.8, 4) is 0 Å². The lowest BCUT2D eigenvalue weighted by Gasteiger charge is -2.15. The average molecular weight is 291 g/mol. The van der Waals surface area contributed by atoms with Crippen molar-refractivity contribution < 1.29 is 14.3 Å². The third-order valence-electron chi connectivity index (χ3n) is 3.73. The van der Waals surface area contributed by atoms with Crippen molar-refractivity contribution in [2.75, 3.05) is 12.8 Å². The molecule has 0 saturated carbocycles. The van der Waals surface area contributed by atoms with Crippen LogP contribution in [0.1, 0.15) is 67.3 Å². The second kappa shape index (κ2) is 9.16. The maximum Gasteiger partial charge on any atom is 0.339 e. The van der Waals surface area contributed by atoms with Crippen LogP contribution >= 0.6 is 0 Å². The number of benzene rings is 1. The summed E-state index contributed by atoms with van der Waals surface area (Å²) in [4.78, 5) is 23.0. The maximum absolute atomic E-state index is 11.6. The third kappa shape index (κ3) is 4.88. The van der Waals surface area contributed by atoms with Crippen LogP contribution in [0.15, 0.2) is 18.2 Å². The van der Waals surface area contributed by atoms with Crippen molar-refractivity contribution in [3.63, 3.8) is 0 Å². The summed E-state index contributed by atoms with van der Waals surface area (Å²) in [7, 11) is 1.32. The van der Waals surface area contributed by atoms with Gasteiger partial charge in [-0.15, -0.1) is 0 Å². The van der Waals surface area contributed by atoms with Crippen molar-refractivity contribution >= 4 is 17.9 Å². The Kier molecular flexibility index (Phi) is 7.51. The van der Waals surface area contributed by atoms with Crippen LogP contribution in [-0.4, -0.2) is 19.4 Å². The van der Waals surface area contributed by atoms with Crippen molar-refractivity contribution in [1.82, 2.24) is 0 Å². The number of aldehydes is 1. The van der Waals surface area contributed by atoms with Gasteiger partial charge in [-0.05, 0) is 18.1 Å². The summed E-state index contributed by atoms with van der Waals surface area (Å²) >= 11 is 0. The highest BCUT2D eigenvalue weighted by Gasteiger charge is 2.18. The van der Waals surface area contributed by atoms with Gasteiger partial charge >= 0.3 is 5.97 Å². The van der Waals surface area contributed by atoms with Crippen LogP contribution in [0.2, 0.25) is 0 Å². The molecule has 1 atom stereocenters. The van der Waals surface area contributed by atoms with Gasteiger partial charge in [0.1, 0.15) is 6.29 Å². The molecule has 116 valence electrons. The molecule has 0 heterocycles. The van der Waals surface area contributed by atoms with E-state index in [0.717, 1.165) is 31.1 Å². The van der Waals surface area contributed by atoms with Gasteiger partial charge < -0.3 is 15.3 Å². The number of hydrogen-bond acceptors (Lipinski definition) is 4. The topological polar surface area (TPSA) is 69.4 Å². The minimum Gasteiger partial charge on any atom is -0.465 e. The van der Waals surface area contributed by atoms with Gasteiger partial charge in [0.15, 0.2) is 0 Å². The van der Waals surface area contributed by atoms with Gasteiger partial charge in [0.05, 0.1) is 18.4 Å². The lowest BCUT2D eigenvalue weighted by Crippen LogP contribution is -2.11. The summed E-state index contributed by atoms with van der Waals surface area (Å²) in [5.41, 5.74) is 7.44. The van der Waals surface area contributed by atoms with E-state index < -0.39 is 5.97 Å².